The molecular weight excluding hydrogens is 467 g/mol. The molecule has 1 fully saturated rings. The lowest BCUT2D eigenvalue weighted by atomic mass is 10.3. The van der Waals surface area contributed by atoms with Gasteiger partial charge in [0.15, 0.2) is 11.8 Å². The van der Waals surface area contributed by atoms with Crippen LogP contribution in [0.25, 0.3) is 0 Å². The Hall–Kier alpha value is -1.62. The van der Waals surface area contributed by atoms with Crippen molar-refractivity contribution in [2.45, 2.75) is 25.9 Å². The maximum atomic E-state index is 6.25. The van der Waals surface area contributed by atoms with Crippen LogP contribution < -0.4 is 15.5 Å². The lowest BCUT2D eigenvalue weighted by Crippen LogP contribution is -2.44. The SMILES string of the molecule is CCNC(=NCc1nncn1C)NC1CCN(c2ncccc2Cl)C1.I. The summed E-state index contributed by atoms with van der Waals surface area (Å²) in [6.45, 7) is 5.08. The fourth-order valence-corrected chi connectivity index (χ4v) is 3.03. The summed E-state index contributed by atoms with van der Waals surface area (Å²) in [4.78, 5) is 11.2. The van der Waals surface area contributed by atoms with Crippen molar-refractivity contribution >= 4 is 47.4 Å². The number of aliphatic imine (C=N–C) groups is 1. The number of guanidine groups is 1. The highest BCUT2D eigenvalue weighted by molar-refractivity contribution is 14.0. The van der Waals surface area contributed by atoms with Gasteiger partial charge < -0.3 is 20.1 Å². The Balaban J connectivity index is 0.00000243. The Labute approximate surface area is 175 Å². The molecule has 8 nitrogen and oxygen atoms in total. The van der Waals surface area contributed by atoms with Crippen LogP contribution in [0.2, 0.25) is 5.02 Å². The minimum atomic E-state index is 0. The molecule has 26 heavy (non-hydrogen) atoms. The van der Waals surface area contributed by atoms with Crippen LogP contribution in [-0.2, 0) is 13.6 Å². The van der Waals surface area contributed by atoms with Crippen molar-refractivity contribution in [3.05, 3.63) is 35.5 Å². The number of pyridine rings is 1. The van der Waals surface area contributed by atoms with Crippen LogP contribution in [0.4, 0.5) is 5.82 Å². The molecule has 2 aromatic heterocycles. The fraction of sp³-hybridized carbons (Fsp3) is 0.500. The van der Waals surface area contributed by atoms with Gasteiger partial charge in [0.2, 0.25) is 0 Å². The van der Waals surface area contributed by atoms with Crippen molar-refractivity contribution in [3.63, 3.8) is 0 Å². The van der Waals surface area contributed by atoms with Crippen molar-refractivity contribution in [2.24, 2.45) is 12.0 Å². The number of anilines is 1. The summed E-state index contributed by atoms with van der Waals surface area (Å²) in [7, 11) is 1.91. The first kappa shape index (κ1) is 20.7. The first-order valence-electron chi connectivity index (χ1n) is 8.40. The van der Waals surface area contributed by atoms with E-state index in [-0.39, 0.29) is 30.0 Å². The molecule has 2 N–H and O–H groups in total. The predicted octanol–water partition coefficient (Wildman–Crippen LogP) is 1.82. The van der Waals surface area contributed by atoms with E-state index in [2.05, 4.69) is 35.7 Å². The molecule has 1 atom stereocenters. The number of nitrogens with one attached hydrogen (secondary N) is 2. The van der Waals surface area contributed by atoms with Crippen LogP contribution in [0.15, 0.2) is 29.6 Å². The van der Waals surface area contributed by atoms with Gasteiger partial charge >= 0.3 is 0 Å². The molecule has 1 aliphatic rings. The highest BCUT2D eigenvalue weighted by Gasteiger charge is 2.25. The first-order valence-corrected chi connectivity index (χ1v) is 8.78. The van der Waals surface area contributed by atoms with Gasteiger partial charge in [-0.05, 0) is 25.5 Å². The van der Waals surface area contributed by atoms with Gasteiger partial charge in [0.25, 0.3) is 0 Å². The van der Waals surface area contributed by atoms with Gasteiger partial charge in [0.1, 0.15) is 18.7 Å². The zero-order valence-electron chi connectivity index (χ0n) is 14.9. The van der Waals surface area contributed by atoms with E-state index in [0.717, 1.165) is 43.7 Å². The maximum absolute atomic E-state index is 6.25. The number of aryl methyl sites for hydroxylation is 1. The van der Waals surface area contributed by atoms with Crippen LogP contribution in [0.5, 0.6) is 0 Å². The quantitative estimate of drug-likeness (QED) is 0.378. The third-order valence-electron chi connectivity index (χ3n) is 4.10. The van der Waals surface area contributed by atoms with E-state index in [4.69, 9.17) is 11.6 Å². The Morgan fingerprint density at radius 2 is 2.31 bits per heavy atom. The molecule has 0 amide bonds. The largest absolute Gasteiger partial charge is 0.357 e. The fourth-order valence-electron chi connectivity index (χ4n) is 2.79. The van der Waals surface area contributed by atoms with E-state index in [1.165, 1.54) is 0 Å². The second kappa shape index (κ2) is 9.91. The van der Waals surface area contributed by atoms with E-state index in [9.17, 15) is 0 Å². The first-order chi connectivity index (χ1) is 12.2. The molecule has 1 unspecified atom stereocenters. The van der Waals surface area contributed by atoms with Crippen LogP contribution in [0, 0.1) is 0 Å². The molecular formula is C16H24ClIN8. The molecule has 0 radical (unpaired) electrons. The van der Waals surface area contributed by atoms with Crippen LogP contribution in [-0.4, -0.2) is 51.4 Å². The molecule has 1 saturated heterocycles. The van der Waals surface area contributed by atoms with E-state index in [0.29, 0.717) is 11.6 Å². The van der Waals surface area contributed by atoms with E-state index >= 15 is 0 Å². The molecule has 0 aromatic carbocycles. The Kier molecular flexibility index (Phi) is 7.88. The number of aromatic nitrogens is 4. The minimum absolute atomic E-state index is 0. The summed E-state index contributed by atoms with van der Waals surface area (Å²) in [5.41, 5.74) is 0. The van der Waals surface area contributed by atoms with E-state index < -0.39 is 0 Å². The third-order valence-corrected chi connectivity index (χ3v) is 4.39. The summed E-state index contributed by atoms with van der Waals surface area (Å²) in [6.07, 6.45) is 4.45. The van der Waals surface area contributed by atoms with Crippen molar-refractivity contribution in [1.29, 1.82) is 0 Å². The average molecular weight is 491 g/mol. The van der Waals surface area contributed by atoms with Crippen molar-refractivity contribution in [1.82, 2.24) is 30.4 Å². The summed E-state index contributed by atoms with van der Waals surface area (Å²) < 4.78 is 1.87. The van der Waals surface area contributed by atoms with Gasteiger partial charge in [-0.2, -0.15) is 0 Å². The zero-order valence-corrected chi connectivity index (χ0v) is 18.0. The van der Waals surface area contributed by atoms with Gasteiger partial charge in [-0.1, -0.05) is 11.6 Å². The van der Waals surface area contributed by atoms with Crippen molar-refractivity contribution in [2.75, 3.05) is 24.5 Å². The molecule has 0 saturated carbocycles. The number of halogens is 2. The van der Waals surface area contributed by atoms with Gasteiger partial charge in [-0.3, -0.25) is 0 Å². The van der Waals surface area contributed by atoms with E-state index in [1.807, 2.05) is 30.7 Å². The van der Waals surface area contributed by atoms with Gasteiger partial charge in [0.05, 0.1) is 5.02 Å². The highest BCUT2D eigenvalue weighted by atomic mass is 127. The average Bonchev–Trinajstić information content (AvgIpc) is 3.22. The number of hydrogen-bond acceptors (Lipinski definition) is 5. The van der Waals surface area contributed by atoms with Gasteiger partial charge in [-0.25, -0.2) is 9.98 Å². The van der Waals surface area contributed by atoms with E-state index in [1.54, 1.807) is 12.5 Å². The molecule has 10 heteroatoms. The molecule has 0 aliphatic carbocycles. The Morgan fingerprint density at radius 1 is 1.46 bits per heavy atom. The monoisotopic (exact) mass is 490 g/mol. The maximum Gasteiger partial charge on any atom is 0.191 e. The predicted molar refractivity (Wildman–Crippen MR) is 114 cm³/mol. The van der Waals surface area contributed by atoms with Crippen LogP contribution in [0.1, 0.15) is 19.2 Å². The molecule has 3 heterocycles. The van der Waals surface area contributed by atoms with Crippen molar-refractivity contribution < 1.29 is 0 Å². The van der Waals surface area contributed by atoms with Crippen molar-refractivity contribution in [3.8, 4) is 0 Å². The highest BCUT2D eigenvalue weighted by Crippen LogP contribution is 2.25. The second-order valence-corrected chi connectivity index (χ2v) is 6.35. The van der Waals surface area contributed by atoms with Gasteiger partial charge in [0, 0.05) is 38.9 Å². The molecule has 0 bridgehead atoms. The van der Waals surface area contributed by atoms with Gasteiger partial charge in [-0.15, -0.1) is 34.2 Å². The molecule has 2 aromatic rings. The zero-order chi connectivity index (χ0) is 17.6. The van der Waals surface area contributed by atoms with Crippen LogP contribution >= 0.6 is 35.6 Å². The Bertz CT molecular complexity index is 735. The summed E-state index contributed by atoms with van der Waals surface area (Å²) >= 11 is 6.25. The summed E-state index contributed by atoms with van der Waals surface area (Å²) in [5, 5.41) is 15.4. The number of nitrogens with zero attached hydrogens (tertiary/aromatic N) is 6. The smallest absolute Gasteiger partial charge is 0.191 e. The second-order valence-electron chi connectivity index (χ2n) is 5.94. The third kappa shape index (κ3) is 5.19. The number of rotatable bonds is 5. The lowest BCUT2D eigenvalue weighted by molar-refractivity contribution is 0.646. The standard InChI is InChI=1S/C16H23ClN8.HI/c1-3-18-16(20-9-14-23-21-11-24(14)2)22-12-6-8-25(10-12)15-13(17)5-4-7-19-15;/h4-5,7,11-12H,3,6,8-10H2,1-2H3,(H2,18,20,22);1H. The lowest BCUT2D eigenvalue weighted by Gasteiger charge is -2.20. The topological polar surface area (TPSA) is 83.3 Å². The van der Waals surface area contributed by atoms with Crippen LogP contribution in [0.3, 0.4) is 0 Å². The molecule has 1 aliphatic heterocycles. The summed E-state index contributed by atoms with van der Waals surface area (Å²) in [6, 6.07) is 4.01. The molecule has 3 rings (SSSR count). The normalized spacial score (nSPS) is 17.1. The Morgan fingerprint density at radius 3 is 3.00 bits per heavy atom. The summed E-state index contributed by atoms with van der Waals surface area (Å²) in [5.74, 6) is 2.45. The minimum Gasteiger partial charge on any atom is -0.357 e. The molecule has 0 spiro atoms. The number of hydrogen-bond donors (Lipinski definition) is 2. The molecule has 142 valence electrons.